The normalized spacial score (nSPS) is 12.5. The second-order valence-electron chi connectivity index (χ2n) is 6.46. The van der Waals surface area contributed by atoms with Gasteiger partial charge in [-0.05, 0) is 36.4 Å². The van der Waals surface area contributed by atoms with Crippen LogP contribution in [0.1, 0.15) is 32.8 Å². The molecule has 1 aromatic rings. The highest BCUT2D eigenvalue weighted by Crippen LogP contribution is 2.23. The van der Waals surface area contributed by atoms with Crippen LogP contribution in [0.25, 0.3) is 0 Å². The van der Waals surface area contributed by atoms with Crippen molar-refractivity contribution in [2.24, 2.45) is 17.1 Å². The van der Waals surface area contributed by atoms with E-state index in [1.807, 2.05) is 30.1 Å². The van der Waals surface area contributed by atoms with Crippen LogP contribution in [0.3, 0.4) is 0 Å². The number of halogens is 2. The van der Waals surface area contributed by atoms with Crippen LogP contribution in [-0.4, -0.2) is 30.9 Å². The number of hydrogen-bond acceptors (Lipinski definition) is 2. The maximum absolute atomic E-state index is 12.7. The van der Waals surface area contributed by atoms with Gasteiger partial charge in [-0.15, -0.1) is 12.4 Å². The van der Waals surface area contributed by atoms with Crippen molar-refractivity contribution in [1.29, 1.82) is 0 Å². The molecule has 1 unspecified atom stereocenters. The van der Waals surface area contributed by atoms with Gasteiger partial charge in [-0.2, -0.15) is 0 Å². The maximum Gasteiger partial charge on any atom is 0.225 e. The smallest absolute Gasteiger partial charge is 0.225 e. The zero-order valence-corrected chi connectivity index (χ0v) is 16.3. The first-order valence-electron chi connectivity index (χ1n) is 7.49. The van der Waals surface area contributed by atoms with Crippen LogP contribution in [0.2, 0.25) is 0 Å². The predicted octanol–water partition coefficient (Wildman–Crippen LogP) is 3.88. The summed E-state index contributed by atoms with van der Waals surface area (Å²) in [7, 11) is 1.88. The minimum Gasteiger partial charge on any atom is -0.345 e. The lowest BCUT2D eigenvalue weighted by atomic mass is 9.91. The monoisotopic (exact) mass is 390 g/mol. The van der Waals surface area contributed by atoms with Crippen molar-refractivity contribution < 1.29 is 4.79 Å². The van der Waals surface area contributed by atoms with Gasteiger partial charge in [0, 0.05) is 24.0 Å². The molecular weight excluding hydrogens is 364 g/mol. The fourth-order valence-corrected chi connectivity index (χ4v) is 2.88. The summed E-state index contributed by atoms with van der Waals surface area (Å²) in [6.07, 6.45) is 1.61. The second kappa shape index (κ2) is 9.53. The van der Waals surface area contributed by atoms with Crippen molar-refractivity contribution in [3.63, 3.8) is 0 Å². The van der Waals surface area contributed by atoms with E-state index in [0.29, 0.717) is 13.1 Å². The zero-order chi connectivity index (χ0) is 16.0. The van der Waals surface area contributed by atoms with Gasteiger partial charge in [0.25, 0.3) is 0 Å². The molecule has 0 aromatic heterocycles. The van der Waals surface area contributed by atoms with Crippen LogP contribution in [-0.2, 0) is 11.2 Å². The number of rotatable bonds is 7. The summed E-state index contributed by atoms with van der Waals surface area (Å²) in [5, 5.41) is 0. The van der Waals surface area contributed by atoms with Crippen LogP contribution in [0.5, 0.6) is 0 Å². The molecule has 1 atom stereocenters. The third-order valence-corrected chi connectivity index (χ3v) is 4.63. The SMILES string of the molecule is CCC(Cc1ccccc1Br)C(=O)N(C)CC(C)(C)CN.Cl. The van der Waals surface area contributed by atoms with Crippen molar-refractivity contribution in [2.45, 2.75) is 33.6 Å². The van der Waals surface area contributed by atoms with Gasteiger partial charge in [0.05, 0.1) is 0 Å². The number of carbonyl (C=O) groups excluding carboxylic acids is 1. The summed E-state index contributed by atoms with van der Waals surface area (Å²) in [5.74, 6) is 0.219. The lowest BCUT2D eigenvalue weighted by Crippen LogP contribution is -2.42. The van der Waals surface area contributed by atoms with E-state index in [0.717, 1.165) is 17.3 Å². The van der Waals surface area contributed by atoms with E-state index in [9.17, 15) is 4.79 Å². The lowest BCUT2D eigenvalue weighted by molar-refractivity contribution is -0.135. The molecule has 0 aliphatic heterocycles. The Kier molecular flexibility index (Phi) is 9.28. The Balaban J connectivity index is 0.00000441. The van der Waals surface area contributed by atoms with Gasteiger partial charge in [0.15, 0.2) is 0 Å². The van der Waals surface area contributed by atoms with E-state index in [2.05, 4.69) is 42.8 Å². The first-order valence-corrected chi connectivity index (χ1v) is 8.28. The molecule has 0 bridgehead atoms. The highest BCUT2D eigenvalue weighted by Gasteiger charge is 2.26. The second-order valence-corrected chi connectivity index (χ2v) is 7.32. The average Bonchev–Trinajstić information content (AvgIpc) is 2.45. The Morgan fingerprint density at radius 3 is 2.45 bits per heavy atom. The quantitative estimate of drug-likeness (QED) is 0.766. The van der Waals surface area contributed by atoms with Crippen molar-refractivity contribution in [1.82, 2.24) is 4.90 Å². The molecule has 0 saturated carbocycles. The first kappa shape index (κ1) is 21.4. The average molecular weight is 392 g/mol. The molecule has 5 heteroatoms. The molecule has 1 amide bonds. The van der Waals surface area contributed by atoms with Crippen molar-refractivity contribution >= 4 is 34.2 Å². The van der Waals surface area contributed by atoms with Crippen LogP contribution < -0.4 is 5.73 Å². The van der Waals surface area contributed by atoms with Gasteiger partial charge in [0.1, 0.15) is 0 Å². The van der Waals surface area contributed by atoms with Gasteiger partial charge in [-0.1, -0.05) is 54.9 Å². The van der Waals surface area contributed by atoms with Crippen molar-refractivity contribution in [2.75, 3.05) is 20.1 Å². The molecule has 0 aliphatic carbocycles. The highest BCUT2D eigenvalue weighted by molar-refractivity contribution is 9.10. The van der Waals surface area contributed by atoms with Gasteiger partial charge in [-0.3, -0.25) is 4.79 Å². The number of nitrogens with two attached hydrogens (primary N) is 1. The van der Waals surface area contributed by atoms with Gasteiger partial charge >= 0.3 is 0 Å². The molecule has 1 rings (SSSR count). The highest BCUT2D eigenvalue weighted by atomic mass is 79.9. The standard InChI is InChI=1S/C17H27BrN2O.ClH/c1-5-13(10-14-8-6-7-9-15(14)18)16(21)20(4)12-17(2,3)11-19;/h6-9,13H,5,10-12,19H2,1-4H3;1H. The molecule has 126 valence electrons. The Morgan fingerprint density at radius 1 is 1.36 bits per heavy atom. The summed E-state index contributed by atoms with van der Waals surface area (Å²) >= 11 is 3.56. The van der Waals surface area contributed by atoms with Crippen molar-refractivity contribution in [3.8, 4) is 0 Å². The zero-order valence-electron chi connectivity index (χ0n) is 13.9. The van der Waals surface area contributed by atoms with Gasteiger partial charge in [-0.25, -0.2) is 0 Å². The Morgan fingerprint density at radius 2 is 1.95 bits per heavy atom. The Labute approximate surface area is 149 Å². The van der Waals surface area contributed by atoms with Crippen molar-refractivity contribution in [3.05, 3.63) is 34.3 Å². The molecule has 0 heterocycles. The fraction of sp³-hybridized carbons (Fsp3) is 0.588. The van der Waals surface area contributed by atoms with E-state index < -0.39 is 0 Å². The number of hydrogen-bond donors (Lipinski definition) is 1. The summed E-state index contributed by atoms with van der Waals surface area (Å²) in [4.78, 5) is 14.5. The summed E-state index contributed by atoms with van der Waals surface area (Å²) in [6.45, 7) is 7.51. The van der Waals surface area contributed by atoms with Crippen LogP contribution in [0.15, 0.2) is 28.7 Å². The lowest BCUT2D eigenvalue weighted by Gasteiger charge is -2.31. The summed E-state index contributed by atoms with van der Waals surface area (Å²) in [6, 6.07) is 8.10. The molecule has 0 aliphatic rings. The van der Waals surface area contributed by atoms with E-state index in [4.69, 9.17) is 5.73 Å². The topological polar surface area (TPSA) is 46.3 Å². The van der Waals surface area contributed by atoms with E-state index in [-0.39, 0.29) is 29.6 Å². The number of benzene rings is 1. The third-order valence-electron chi connectivity index (χ3n) is 3.86. The van der Waals surface area contributed by atoms with Crippen LogP contribution in [0, 0.1) is 11.3 Å². The molecule has 22 heavy (non-hydrogen) atoms. The molecular formula is C17H28BrClN2O. The molecule has 0 radical (unpaired) electrons. The number of amides is 1. The minimum atomic E-state index is -0.0456. The van der Waals surface area contributed by atoms with Gasteiger partial charge in [0.2, 0.25) is 5.91 Å². The third kappa shape index (κ3) is 6.27. The van der Waals surface area contributed by atoms with Crippen LogP contribution in [0.4, 0.5) is 0 Å². The summed E-state index contributed by atoms with van der Waals surface area (Å²) in [5.41, 5.74) is 6.90. The fourth-order valence-electron chi connectivity index (χ4n) is 2.43. The van der Waals surface area contributed by atoms with E-state index in [1.54, 1.807) is 0 Å². The largest absolute Gasteiger partial charge is 0.345 e. The minimum absolute atomic E-state index is 0. The molecule has 0 fully saturated rings. The molecule has 0 saturated heterocycles. The van der Waals surface area contributed by atoms with E-state index in [1.165, 1.54) is 5.56 Å². The molecule has 3 nitrogen and oxygen atoms in total. The predicted molar refractivity (Wildman–Crippen MR) is 99.3 cm³/mol. The van der Waals surface area contributed by atoms with Crippen LogP contribution >= 0.6 is 28.3 Å². The Hall–Kier alpha value is -0.580. The summed E-state index contributed by atoms with van der Waals surface area (Å²) < 4.78 is 1.07. The maximum atomic E-state index is 12.7. The molecule has 1 aromatic carbocycles. The number of nitrogens with zero attached hydrogens (tertiary/aromatic N) is 1. The molecule has 2 N–H and O–H groups in total. The molecule has 0 spiro atoms. The van der Waals surface area contributed by atoms with Gasteiger partial charge < -0.3 is 10.6 Å². The number of carbonyl (C=O) groups is 1. The first-order chi connectivity index (χ1) is 9.80. The van der Waals surface area contributed by atoms with E-state index >= 15 is 0 Å². The Bertz CT molecular complexity index is 479.